The Morgan fingerprint density at radius 2 is 0.582 bits per heavy atom. The van der Waals surface area contributed by atoms with Gasteiger partial charge in [0.05, 0.1) is 32.8 Å². The number of ether oxygens (including phenoxy) is 4. The highest BCUT2D eigenvalue weighted by Gasteiger charge is 2.30. The molecule has 0 spiro atoms. The van der Waals surface area contributed by atoms with Crippen molar-refractivity contribution in [3.05, 3.63) is 109 Å². The lowest BCUT2D eigenvalue weighted by molar-refractivity contribution is -0.161. The predicted molar refractivity (Wildman–Crippen MR) is 399 cm³/mol. The van der Waals surface area contributed by atoms with E-state index in [-0.39, 0.29) is 25.7 Å². The highest BCUT2D eigenvalue weighted by molar-refractivity contribution is 7.47. The number of unbranched alkanes of at least 4 members (excludes halogenated alkanes) is 28. The van der Waals surface area contributed by atoms with Crippen molar-refractivity contribution in [1.82, 2.24) is 0 Å². The number of rotatable bonds is 71. The summed E-state index contributed by atoms with van der Waals surface area (Å²) in [7, 11) is -9.97. The fraction of sp³-hybridized carbons (Fsp3) is 0.722. The van der Waals surface area contributed by atoms with E-state index in [1.807, 2.05) is 18.2 Å². The smallest absolute Gasteiger partial charge is 0.462 e. The van der Waals surface area contributed by atoms with Gasteiger partial charge in [-0.2, -0.15) is 0 Å². The maximum Gasteiger partial charge on any atom is 0.472 e. The van der Waals surface area contributed by atoms with Crippen LogP contribution in [0.5, 0.6) is 0 Å². The average molecular weight is 1420 g/mol. The zero-order valence-electron chi connectivity index (χ0n) is 61.4. The van der Waals surface area contributed by atoms with Gasteiger partial charge in [-0.05, 0) is 109 Å². The van der Waals surface area contributed by atoms with E-state index in [1.165, 1.54) is 83.5 Å². The summed E-state index contributed by atoms with van der Waals surface area (Å²) in [5.41, 5.74) is 0. The number of carbonyl (C=O) groups is 4. The molecule has 0 aliphatic rings. The van der Waals surface area contributed by atoms with Crippen molar-refractivity contribution in [3.63, 3.8) is 0 Å². The predicted octanol–water partition coefficient (Wildman–Crippen LogP) is 21.8. The molecule has 0 fully saturated rings. The Balaban J connectivity index is 5.37. The molecule has 0 aliphatic heterocycles. The third kappa shape index (κ3) is 70.2. The first-order chi connectivity index (χ1) is 47.7. The van der Waals surface area contributed by atoms with Crippen LogP contribution in [0.1, 0.15) is 310 Å². The Morgan fingerprint density at radius 1 is 0.306 bits per heavy atom. The van der Waals surface area contributed by atoms with Crippen LogP contribution < -0.4 is 0 Å². The zero-order valence-corrected chi connectivity index (χ0v) is 63.2. The second-order valence-corrected chi connectivity index (χ2v) is 28.1. The highest BCUT2D eigenvalue weighted by atomic mass is 31.2. The van der Waals surface area contributed by atoms with Crippen molar-refractivity contribution in [2.75, 3.05) is 39.6 Å². The van der Waals surface area contributed by atoms with Crippen molar-refractivity contribution >= 4 is 39.5 Å². The molecule has 0 saturated carbocycles. The number of aliphatic hydroxyl groups is 1. The molecule has 0 rings (SSSR count). The zero-order chi connectivity index (χ0) is 71.8. The number of carbonyl (C=O) groups excluding carboxylic acids is 4. The number of phosphoric acid groups is 2. The summed E-state index contributed by atoms with van der Waals surface area (Å²) in [4.78, 5) is 72.7. The fourth-order valence-corrected chi connectivity index (χ4v) is 11.5. The van der Waals surface area contributed by atoms with Crippen LogP contribution in [0.3, 0.4) is 0 Å². The summed E-state index contributed by atoms with van der Waals surface area (Å²) in [6.07, 6.45) is 75.4. The summed E-state index contributed by atoms with van der Waals surface area (Å²) < 4.78 is 68.3. The van der Waals surface area contributed by atoms with Crippen LogP contribution in [0.4, 0.5) is 0 Å². The van der Waals surface area contributed by atoms with Crippen LogP contribution >= 0.6 is 15.6 Å². The van der Waals surface area contributed by atoms with Gasteiger partial charge in [-0.3, -0.25) is 37.3 Å². The van der Waals surface area contributed by atoms with Crippen molar-refractivity contribution < 1.29 is 80.2 Å². The van der Waals surface area contributed by atoms with Crippen molar-refractivity contribution in [2.45, 2.75) is 329 Å². The Bertz CT molecular complexity index is 2290. The molecular formula is C79H136O17P2. The van der Waals surface area contributed by atoms with Crippen molar-refractivity contribution in [1.29, 1.82) is 0 Å². The summed E-state index contributed by atoms with van der Waals surface area (Å²) in [5.74, 6) is -2.34. The molecular weight excluding hydrogens is 1280 g/mol. The minimum absolute atomic E-state index is 0.0642. The maximum atomic E-state index is 13.1. The molecule has 5 unspecified atom stereocenters. The van der Waals surface area contributed by atoms with Gasteiger partial charge in [0.1, 0.15) is 19.3 Å². The lowest BCUT2D eigenvalue weighted by Crippen LogP contribution is -2.30. The van der Waals surface area contributed by atoms with Gasteiger partial charge in [-0.15, -0.1) is 0 Å². The first kappa shape index (κ1) is 93.7. The van der Waals surface area contributed by atoms with Gasteiger partial charge in [-0.1, -0.05) is 285 Å². The monoisotopic (exact) mass is 1420 g/mol. The van der Waals surface area contributed by atoms with Crippen LogP contribution in [0, 0.1) is 0 Å². The number of esters is 4. The molecule has 0 radical (unpaired) electrons. The van der Waals surface area contributed by atoms with Gasteiger partial charge in [0.2, 0.25) is 0 Å². The normalized spacial score (nSPS) is 14.6. The molecule has 3 N–H and O–H groups in total. The number of hydrogen-bond donors (Lipinski definition) is 3. The lowest BCUT2D eigenvalue weighted by Gasteiger charge is -2.21. The summed E-state index contributed by atoms with van der Waals surface area (Å²) in [5, 5.41) is 10.6. The lowest BCUT2D eigenvalue weighted by atomic mass is 10.0. The second-order valence-electron chi connectivity index (χ2n) is 25.2. The van der Waals surface area contributed by atoms with E-state index in [9.17, 15) is 43.2 Å². The summed E-state index contributed by atoms with van der Waals surface area (Å²) in [6.45, 7) is 4.56. The number of hydrogen-bond acceptors (Lipinski definition) is 15. The molecule has 17 nitrogen and oxygen atoms in total. The van der Waals surface area contributed by atoms with Gasteiger partial charge in [-0.25, -0.2) is 9.13 Å². The number of aliphatic hydroxyl groups excluding tert-OH is 1. The van der Waals surface area contributed by atoms with E-state index < -0.39 is 97.5 Å². The van der Waals surface area contributed by atoms with E-state index in [0.717, 1.165) is 148 Å². The van der Waals surface area contributed by atoms with Crippen LogP contribution in [0.2, 0.25) is 0 Å². The SMILES string of the molecule is CC/C=C\C/C=C\C/C=C\C/C=C\C/C=C\CC(=O)OCC(COP(=O)(O)OCC(O)COP(=O)(O)OCC(COC(=O)CCCCCCCC/C=C\C/C=C\C/C=C\CCCCC)OC(=O)CCCCCCCCCCCCCCC)OC(=O)CCCCCCC/C=C\CCCC. The molecule has 19 heteroatoms. The molecule has 0 amide bonds. The van der Waals surface area contributed by atoms with Gasteiger partial charge in [0.25, 0.3) is 0 Å². The van der Waals surface area contributed by atoms with Gasteiger partial charge in [0.15, 0.2) is 12.2 Å². The topological polar surface area (TPSA) is 237 Å². The molecule has 5 atom stereocenters. The van der Waals surface area contributed by atoms with Gasteiger partial charge < -0.3 is 33.8 Å². The van der Waals surface area contributed by atoms with E-state index in [1.54, 1.807) is 6.08 Å². The molecule has 564 valence electrons. The molecule has 0 aromatic heterocycles. The number of phosphoric ester groups is 2. The minimum Gasteiger partial charge on any atom is -0.462 e. The Labute approximate surface area is 594 Å². The molecule has 0 bridgehead atoms. The van der Waals surface area contributed by atoms with Gasteiger partial charge in [0, 0.05) is 19.3 Å². The largest absolute Gasteiger partial charge is 0.472 e. The molecule has 0 aromatic carbocycles. The standard InChI is InChI=1S/C79H136O17P2/c1-5-9-13-17-21-25-29-32-34-35-36-37-39-42-45-48-52-56-60-64-77(82)90-70-75(96-79(84)66-62-58-54-50-46-40-31-27-23-19-15-11-7-3)72-94-98(87,88)92-68-73(80)67-91-97(85,86)93-71-74(95-78(83)65-61-57-53-49-43-28-24-20-16-12-8-4)69-89-76(81)63-59-55-51-47-44-41-38-33-30-26-22-18-14-10-6-2/h10,14,20-22,24-26,32-34,36-38,44,47,55,59,73-75,80H,5-9,11-13,15-19,23,27-31,35,39-43,45-46,48-54,56-58,60-72H2,1-4H3,(H,85,86)(H,87,88)/b14-10-,24-20-,25-21-,26-22-,34-32-,37-36-,38-33-,47-44-,59-55-. The molecule has 98 heavy (non-hydrogen) atoms. The third-order valence-corrected chi connectivity index (χ3v) is 17.7. The fourth-order valence-electron chi connectivity index (χ4n) is 9.93. The van der Waals surface area contributed by atoms with Crippen molar-refractivity contribution in [3.8, 4) is 0 Å². The Morgan fingerprint density at radius 3 is 0.969 bits per heavy atom. The highest BCUT2D eigenvalue weighted by Crippen LogP contribution is 2.45. The van der Waals surface area contributed by atoms with Crippen LogP contribution in [-0.2, 0) is 65.4 Å². The number of allylic oxidation sites excluding steroid dienone is 17. The Kier molecular flexibility index (Phi) is 68.0. The third-order valence-electron chi connectivity index (χ3n) is 15.8. The van der Waals surface area contributed by atoms with Crippen LogP contribution in [-0.4, -0.2) is 96.7 Å². The first-order valence-electron chi connectivity index (χ1n) is 38.1. The van der Waals surface area contributed by atoms with E-state index in [0.29, 0.717) is 25.7 Å². The molecule has 0 aromatic rings. The van der Waals surface area contributed by atoms with E-state index in [4.69, 9.17) is 37.0 Å². The average Bonchev–Trinajstić information content (AvgIpc) is 1.94. The van der Waals surface area contributed by atoms with E-state index >= 15 is 0 Å². The van der Waals surface area contributed by atoms with Crippen molar-refractivity contribution in [2.24, 2.45) is 0 Å². The minimum atomic E-state index is -4.99. The van der Waals surface area contributed by atoms with E-state index in [2.05, 4.69) is 113 Å². The summed E-state index contributed by atoms with van der Waals surface area (Å²) in [6, 6.07) is 0. The molecule has 0 aliphatic carbocycles. The second kappa shape index (κ2) is 71.1. The Hall–Kier alpha value is -4.28. The molecule has 0 heterocycles. The van der Waals surface area contributed by atoms with Gasteiger partial charge >= 0.3 is 39.5 Å². The van der Waals surface area contributed by atoms with Crippen LogP contribution in [0.25, 0.3) is 0 Å². The summed E-state index contributed by atoms with van der Waals surface area (Å²) >= 11 is 0. The molecule has 0 saturated heterocycles. The maximum absolute atomic E-state index is 13.1. The van der Waals surface area contributed by atoms with Crippen LogP contribution in [0.15, 0.2) is 109 Å². The quantitative estimate of drug-likeness (QED) is 0.0169. The first-order valence-corrected chi connectivity index (χ1v) is 41.1.